The van der Waals surface area contributed by atoms with Crippen molar-refractivity contribution in [2.45, 2.75) is 19.1 Å². The quantitative estimate of drug-likeness (QED) is 0.720. The van der Waals surface area contributed by atoms with Gasteiger partial charge >= 0.3 is 0 Å². The highest BCUT2D eigenvalue weighted by Gasteiger charge is 2.19. The Hall–Kier alpha value is -2.70. The molecule has 1 aliphatic heterocycles. The number of aliphatic hydroxyl groups is 1. The van der Waals surface area contributed by atoms with Crippen LogP contribution in [0.25, 0.3) is 0 Å². The fourth-order valence-electron chi connectivity index (χ4n) is 3.20. The van der Waals surface area contributed by atoms with Crippen molar-refractivity contribution in [3.05, 3.63) is 70.8 Å². The lowest BCUT2D eigenvalue weighted by atomic mass is 10.00. The number of carbonyl (C=O) groups is 2. The van der Waals surface area contributed by atoms with Crippen LogP contribution in [0.5, 0.6) is 0 Å². The first kappa shape index (κ1) is 18.1. The molecule has 6 heteroatoms. The Morgan fingerprint density at radius 3 is 2.62 bits per heavy atom. The number of aliphatic hydroxyl groups excluding tert-OH is 1. The second kappa shape index (κ2) is 8.12. The number of hydrogen-bond donors (Lipinski definition) is 3. The van der Waals surface area contributed by atoms with Crippen LogP contribution in [0.3, 0.4) is 0 Å². The van der Waals surface area contributed by atoms with E-state index in [1.54, 1.807) is 18.2 Å². The highest BCUT2D eigenvalue weighted by molar-refractivity contribution is 5.99. The average molecular weight is 353 g/mol. The molecule has 0 aromatic heterocycles. The van der Waals surface area contributed by atoms with Crippen LogP contribution in [0.4, 0.5) is 0 Å². The first-order valence-corrected chi connectivity index (χ1v) is 8.68. The maximum Gasteiger partial charge on any atom is 0.251 e. The summed E-state index contributed by atoms with van der Waals surface area (Å²) in [4.78, 5) is 25.6. The van der Waals surface area contributed by atoms with Gasteiger partial charge in [0.15, 0.2) is 0 Å². The first-order valence-electron chi connectivity index (χ1n) is 8.68. The molecular weight excluding hydrogens is 330 g/mol. The Bertz CT molecular complexity index is 806. The minimum absolute atomic E-state index is 0.151. The largest absolute Gasteiger partial charge is 0.390 e. The van der Waals surface area contributed by atoms with E-state index < -0.39 is 12.0 Å². The normalized spacial score (nSPS) is 15.1. The first-order chi connectivity index (χ1) is 12.5. The lowest BCUT2D eigenvalue weighted by Crippen LogP contribution is -2.42. The fraction of sp³-hybridized carbons (Fsp3) is 0.300. The Morgan fingerprint density at radius 1 is 1.12 bits per heavy atom. The molecule has 0 spiro atoms. The van der Waals surface area contributed by atoms with Gasteiger partial charge in [-0.1, -0.05) is 30.3 Å². The number of rotatable bonds is 6. The molecule has 136 valence electrons. The van der Waals surface area contributed by atoms with Crippen LogP contribution in [-0.4, -0.2) is 47.6 Å². The zero-order valence-electron chi connectivity index (χ0n) is 14.5. The molecule has 1 aliphatic rings. The van der Waals surface area contributed by atoms with Crippen molar-refractivity contribution in [2.75, 3.05) is 19.6 Å². The van der Waals surface area contributed by atoms with Gasteiger partial charge in [-0.05, 0) is 35.7 Å². The van der Waals surface area contributed by atoms with Gasteiger partial charge in [0, 0.05) is 37.3 Å². The Morgan fingerprint density at radius 2 is 1.85 bits per heavy atom. The average Bonchev–Trinajstić information content (AvgIpc) is 2.66. The molecule has 0 bridgehead atoms. The standard InChI is InChI=1S/C20H23N3O3/c21-19(25)15-6-3-7-16(10-15)20(26)22-11-18(24)13-23-9-8-14-4-1-2-5-17(14)12-23/h1-7,10,18,24H,8-9,11-13H2,(H2,21,25)(H,22,26). The van der Waals surface area contributed by atoms with Crippen LogP contribution >= 0.6 is 0 Å². The van der Waals surface area contributed by atoms with E-state index in [4.69, 9.17) is 5.73 Å². The monoisotopic (exact) mass is 353 g/mol. The number of hydrogen-bond acceptors (Lipinski definition) is 4. The molecular formula is C20H23N3O3. The number of amides is 2. The molecule has 4 N–H and O–H groups in total. The second-order valence-electron chi connectivity index (χ2n) is 6.56. The van der Waals surface area contributed by atoms with Crippen molar-refractivity contribution in [1.82, 2.24) is 10.2 Å². The molecule has 0 radical (unpaired) electrons. The third-order valence-corrected chi connectivity index (χ3v) is 4.59. The number of primary amides is 1. The predicted octanol–water partition coefficient (Wildman–Crippen LogP) is 0.935. The van der Waals surface area contributed by atoms with E-state index in [0.29, 0.717) is 12.1 Å². The number of nitrogens with two attached hydrogens (primary N) is 1. The molecule has 1 heterocycles. The molecule has 1 atom stereocenters. The van der Waals surface area contributed by atoms with Crippen LogP contribution in [-0.2, 0) is 13.0 Å². The smallest absolute Gasteiger partial charge is 0.251 e. The SMILES string of the molecule is NC(=O)c1cccc(C(=O)NCC(O)CN2CCc3ccccc3C2)c1. The van der Waals surface area contributed by atoms with E-state index in [0.717, 1.165) is 19.5 Å². The van der Waals surface area contributed by atoms with E-state index in [9.17, 15) is 14.7 Å². The third-order valence-electron chi connectivity index (χ3n) is 4.59. The van der Waals surface area contributed by atoms with Crippen LogP contribution in [0, 0.1) is 0 Å². The van der Waals surface area contributed by atoms with E-state index in [1.807, 2.05) is 12.1 Å². The van der Waals surface area contributed by atoms with E-state index in [-0.39, 0.29) is 18.0 Å². The fourth-order valence-corrected chi connectivity index (χ4v) is 3.20. The van der Waals surface area contributed by atoms with Gasteiger partial charge in [-0.3, -0.25) is 14.5 Å². The predicted molar refractivity (Wildman–Crippen MR) is 98.7 cm³/mol. The van der Waals surface area contributed by atoms with E-state index in [2.05, 4.69) is 22.3 Å². The molecule has 0 aliphatic carbocycles. The molecule has 3 rings (SSSR count). The summed E-state index contributed by atoms with van der Waals surface area (Å²) in [5.41, 5.74) is 8.51. The topological polar surface area (TPSA) is 95.7 Å². The van der Waals surface area contributed by atoms with Gasteiger partial charge in [-0.25, -0.2) is 0 Å². The van der Waals surface area contributed by atoms with Crippen LogP contribution in [0.2, 0.25) is 0 Å². The van der Waals surface area contributed by atoms with Crippen molar-refractivity contribution in [3.8, 4) is 0 Å². The van der Waals surface area contributed by atoms with Gasteiger partial charge in [-0.15, -0.1) is 0 Å². The van der Waals surface area contributed by atoms with Crippen LogP contribution < -0.4 is 11.1 Å². The molecule has 1 unspecified atom stereocenters. The van der Waals surface area contributed by atoms with Gasteiger partial charge in [0.1, 0.15) is 0 Å². The molecule has 2 aromatic carbocycles. The summed E-state index contributed by atoms with van der Waals surface area (Å²) in [6.07, 6.45) is 0.304. The summed E-state index contributed by atoms with van der Waals surface area (Å²) in [7, 11) is 0. The maximum atomic E-state index is 12.2. The van der Waals surface area contributed by atoms with Gasteiger partial charge in [-0.2, -0.15) is 0 Å². The minimum Gasteiger partial charge on any atom is -0.390 e. The Labute approximate surface area is 152 Å². The molecule has 26 heavy (non-hydrogen) atoms. The van der Waals surface area contributed by atoms with Gasteiger partial charge in [0.2, 0.25) is 5.91 Å². The van der Waals surface area contributed by atoms with Gasteiger partial charge in [0.05, 0.1) is 6.10 Å². The van der Waals surface area contributed by atoms with E-state index in [1.165, 1.54) is 17.2 Å². The maximum absolute atomic E-state index is 12.2. The summed E-state index contributed by atoms with van der Waals surface area (Å²) < 4.78 is 0. The number of fused-ring (bicyclic) bond motifs is 1. The van der Waals surface area contributed by atoms with Crippen molar-refractivity contribution in [1.29, 1.82) is 0 Å². The zero-order chi connectivity index (χ0) is 18.5. The lowest BCUT2D eigenvalue weighted by Gasteiger charge is -2.30. The third kappa shape index (κ3) is 4.47. The number of benzene rings is 2. The molecule has 6 nitrogen and oxygen atoms in total. The van der Waals surface area contributed by atoms with Crippen LogP contribution in [0.15, 0.2) is 48.5 Å². The highest BCUT2D eigenvalue weighted by Crippen LogP contribution is 2.18. The highest BCUT2D eigenvalue weighted by atomic mass is 16.3. The Kier molecular flexibility index (Phi) is 5.65. The van der Waals surface area contributed by atoms with Gasteiger partial charge in [0.25, 0.3) is 5.91 Å². The molecule has 0 fully saturated rings. The van der Waals surface area contributed by atoms with Crippen LogP contribution in [0.1, 0.15) is 31.8 Å². The summed E-state index contributed by atoms with van der Waals surface area (Å²) in [5, 5.41) is 13.0. The zero-order valence-corrected chi connectivity index (χ0v) is 14.5. The minimum atomic E-state index is -0.663. The van der Waals surface area contributed by atoms with Crippen molar-refractivity contribution < 1.29 is 14.7 Å². The van der Waals surface area contributed by atoms with Gasteiger partial charge < -0.3 is 16.2 Å². The number of nitrogens with zero attached hydrogens (tertiary/aromatic N) is 1. The molecule has 2 aromatic rings. The number of nitrogens with one attached hydrogen (secondary N) is 1. The Balaban J connectivity index is 1.50. The van der Waals surface area contributed by atoms with Crippen molar-refractivity contribution in [2.24, 2.45) is 5.73 Å². The molecule has 0 saturated heterocycles. The molecule has 2 amide bonds. The number of carbonyl (C=O) groups excluding carboxylic acids is 2. The lowest BCUT2D eigenvalue weighted by molar-refractivity contribution is 0.0842. The van der Waals surface area contributed by atoms with E-state index >= 15 is 0 Å². The van der Waals surface area contributed by atoms with Crippen molar-refractivity contribution in [3.63, 3.8) is 0 Å². The molecule has 0 saturated carbocycles. The second-order valence-corrected chi connectivity index (χ2v) is 6.56. The number of β-amino-alcohol motifs (C(OH)–C–C–N with tert-alkyl or cyclic N) is 1. The van der Waals surface area contributed by atoms with Crippen molar-refractivity contribution >= 4 is 11.8 Å². The summed E-state index contributed by atoms with van der Waals surface area (Å²) >= 11 is 0. The summed E-state index contributed by atoms with van der Waals surface area (Å²) in [5.74, 6) is -0.916. The summed E-state index contributed by atoms with van der Waals surface area (Å²) in [6.45, 7) is 2.35. The summed E-state index contributed by atoms with van der Waals surface area (Å²) in [6, 6.07) is 14.6.